The molecule has 2 N–H and O–H groups in total. The van der Waals surface area contributed by atoms with Crippen molar-refractivity contribution < 1.29 is 13.5 Å². The Morgan fingerprint density at radius 2 is 1.82 bits per heavy atom. The number of sulfone groups is 1. The summed E-state index contributed by atoms with van der Waals surface area (Å²) in [4.78, 5) is 0. The van der Waals surface area contributed by atoms with E-state index in [0.29, 0.717) is 12.5 Å². The number of aliphatic hydroxyl groups is 1. The summed E-state index contributed by atoms with van der Waals surface area (Å²) in [5.41, 5.74) is -0.562. The fraction of sp³-hybridized carbons (Fsp3) is 1.00. The Morgan fingerprint density at radius 3 is 2.29 bits per heavy atom. The van der Waals surface area contributed by atoms with Crippen molar-refractivity contribution in [2.45, 2.75) is 56.5 Å². The second kappa shape index (κ2) is 5.24. The van der Waals surface area contributed by atoms with Crippen LogP contribution in [0.4, 0.5) is 0 Å². The molecule has 1 aliphatic carbocycles. The largest absolute Gasteiger partial charge is 0.394 e. The minimum absolute atomic E-state index is 0.0667. The molecule has 5 heteroatoms. The van der Waals surface area contributed by atoms with E-state index < -0.39 is 15.4 Å². The van der Waals surface area contributed by atoms with Crippen LogP contribution >= 0.6 is 0 Å². The van der Waals surface area contributed by atoms with Gasteiger partial charge in [0, 0.05) is 6.04 Å². The average Bonchev–Trinajstić information content (AvgIpc) is 2.47. The number of rotatable bonds is 3. The second-order valence-electron chi connectivity index (χ2n) is 5.61. The second-order valence-corrected chi connectivity index (χ2v) is 7.80. The number of nitrogens with one attached hydrogen (secondary N) is 1. The van der Waals surface area contributed by atoms with E-state index in [2.05, 4.69) is 5.32 Å². The maximum atomic E-state index is 11.6. The zero-order chi connectivity index (χ0) is 12.4. The lowest BCUT2D eigenvalue weighted by molar-refractivity contribution is 0.161. The van der Waals surface area contributed by atoms with Gasteiger partial charge in [-0.05, 0) is 19.3 Å². The molecule has 17 heavy (non-hydrogen) atoms. The van der Waals surface area contributed by atoms with Crippen molar-refractivity contribution in [3.8, 4) is 0 Å². The molecule has 0 aromatic carbocycles. The highest BCUT2D eigenvalue weighted by Crippen LogP contribution is 2.26. The molecule has 1 unspecified atom stereocenters. The van der Waals surface area contributed by atoms with Gasteiger partial charge in [0.25, 0.3) is 0 Å². The first-order chi connectivity index (χ1) is 8.05. The van der Waals surface area contributed by atoms with E-state index in [1.807, 2.05) is 0 Å². The first-order valence-electron chi connectivity index (χ1n) is 6.64. The maximum absolute atomic E-state index is 11.6. The van der Waals surface area contributed by atoms with Crippen LogP contribution < -0.4 is 5.32 Å². The molecular weight excluding hydrogens is 238 g/mol. The summed E-state index contributed by atoms with van der Waals surface area (Å²) in [6, 6.07) is 0.387. The molecule has 0 spiro atoms. The molecule has 0 radical (unpaired) electrons. The van der Waals surface area contributed by atoms with Crippen LogP contribution in [0.5, 0.6) is 0 Å². The van der Waals surface area contributed by atoms with Gasteiger partial charge < -0.3 is 10.4 Å². The van der Waals surface area contributed by atoms with E-state index in [9.17, 15) is 13.5 Å². The predicted molar refractivity (Wildman–Crippen MR) is 67.7 cm³/mol. The standard InChI is InChI=1S/C12H23NO3S/c14-9-12(7-8-17(15,16)10-12)13-11-5-3-1-2-4-6-11/h11,13-14H,1-10H2. The lowest BCUT2D eigenvalue weighted by Gasteiger charge is -2.32. The van der Waals surface area contributed by atoms with Crippen LogP contribution in [-0.2, 0) is 9.84 Å². The maximum Gasteiger partial charge on any atom is 0.152 e. The molecule has 2 aliphatic rings. The Balaban J connectivity index is 1.99. The molecule has 1 atom stereocenters. The topological polar surface area (TPSA) is 66.4 Å². The molecule has 100 valence electrons. The molecule has 0 amide bonds. The van der Waals surface area contributed by atoms with Gasteiger partial charge >= 0.3 is 0 Å². The molecule has 0 aromatic heterocycles. The van der Waals surface area contributed by atoms with Crippen LogP contribution in [0.2, 0.25) is 0 Å². The molecule has 2 fully saturated rings. The third-order valence-corrected chi connectivity index (χ3v) is 5.87. The highest BCUT2D eigenvalue weighted by Gasteiger charge is 2.42. The lowest BCUT2D eigenvalue weighted by atomic mass is 9.96. The van der Waals surface area contributed by atoms with Crippen molar-refractivity contribution in [2.24, 2.45) is 0 Å². The van der Waals surface area contributed by atoms with Gasteiger partial charge in [-0.3, -0.25) is 0 Å². The first kappa shape index (κ1) is 13.3. The summed E-state index contributed by atoms with van der Waals surface area (Å²) in [7, 11) is -2.95. The molecule has 0 aromatic rings. The van der Waals surface area contributed by atoms with Crippen molar-refractivity contribution in [3.63, 3.8) is 0 Å². The summed E-state index contributed by atoms with van der Waals surface area (Å²) in [5.74, 6) is 0.320. The normalized spacial score (nSPS) is 34.6. The van der Waals surface area contributed by atoms with Crippen LogP contribution in [0.25, 0.3) is 0 Å². The van der Waals surface area contributed by atoms with Crippen molar-refractivity contribution in [1.82, 2.24) is 5.32 Å². The van der Waals surface area contributed by atoms with Gasteiger partial charge in [0.15, 0.2) is 9.84 Å². The van der Waals surface area contributed by atoms with Crippen molar-refractivity contribution in [3.05, 3.63) is 0 Å². The van der Waals surface area contributed by atoms with E-state index in [4.69, 9.17) is 0 Å². The molecule has 4 nitrogen and oxygen atoms in total. The highest BCUT2D eigenvalue weighted by atomic mass is 32.2. The van der Waals surface area contributed by atoms with Gasteiger partial charge in [-0.25, -0.2) is 8.42 Å². The molecular formula is C12H23NO3S. The number of aliphatic hydroxyl groups excluding tert-OH is 1. The number of hydrogen-bond donors (Lipinski definition) is 2. The van der Waals surface area contributed by atoms with Crippen molar-refractivity contribution in [2.75, 3.05) is 18.1 Å². The molecule has 0 bridgehead atoms. The van der Waals surface area contributed by atoms with Crippen LogP contribution in [-0.4, -0.2) is 43.2 Å². The van der Waals surface area contributed by atoms with Gasteiger partial charge in [0.05, 0.1) is 23.7 Å². The van der Waals surface area contributed by atoms with E-state index in [-0.39, 0.29) is 18.1 Å². The summed E-state index contributed by atoms with van der Waals surface area (Å²) >= 11 is 0. The average molecular weight is 261 g/mol. The third-order valence-electron chi connectivity index (χ3n) is 4.06. The molecule has 1 heterocycles. The Kier molecular flexibility index (Phi) is 4.10. The zero-order valence-electron chi connectivity index (χ0n) is 10.3. The Labute approximate surface area is 104 Å². The van der Waals surface area contributed by atoms with Gasteiger partial charge in [-0.2, -0.15) is 0 Å². The van der Waals surface area contributed by atoms with Crippen LogP contribution in [0, 0.1) is 0 Å². The quantitative estimate of drug-likeness (QED) is 0.739. The van der Waals surface area contributed by atoms with E-state index in [1.165, 1.54) is 25.7 Å². The van der Waals surface area contributed by atoms with Gasteiger partial charge in [-0.1, -0.05) is 25.7 Å². The van der Waals surface area contributed by atoms with Crippen molar-refractivity contribution in [1.29, 1.82) is 0 Å². The van der Waals surface area contributed by atoms with Gasteiger partial charge in [0.2, 0.25) is 0 Å². The fourth-order valence-electron chi connectivity index (χ4n) is 3.06. The SMILES string of the molecule is O=S1(=O)CCC(CO)(NC2CCCCCC2)C1. The molecule has 1 saturated heterocycles. The Bertz CT molecular complexity index is 347. The predicted octanol–water partition coefficient (Wildman–Crippen LogP) is 0.848. The third kappa shape index (κ3) is 3.42. The smallest absolute Gasteiger partial charge is 0.152 e. The lowest BCUT2D eigenvalue weighted by Crippen LogP contribution is -2.54. The van der Waals surface area contributed by atoms with E-state index >= 15 is 0 Å². The Hall–Kier alpha value is -0.130. The fourth-order valence-corrected chi connectivity index (χ4v) is 5.06. The van der Waals surface area contributed by atoms with Gasteiger partial charge in [-0.15, -0.1) is 0 Å². The van der Waals surface area contributed by atoms with Crippen molar-refractivity contribution >= 4 is 9.84 Å². The summed E-state index contributed by atoms with van der Waals surface area (Å²) in [6.45, 7) is -0.0667. The minimum atomic E-state index is -2.95. The van der Waals surface area contributed by atoms with Crippen LogP contribution in [0.15, 0.2) is 0 Å². The van der Waals surface area contributed by atoms with Crippen LogP contribution in [0.1, 0.15) is 44.9 Å². The summed E-state index contributed by atoms with van der Waals surface area (Å²) in [6.07, 6.45) is 7.77. The van der Waals surface area contributed by atoms with E-state index in [1.54, 1.807) is 0 Å². The summed E-state index contributed by atoms with van der Waals surface area (Å²) < 4.78 is 23.1. The molecule has 1 saturated carbocycles. The summed E-state index contributed by atoms with van der Waals surface area (Å²) in [5, 5.41) is 13.0. The van der Waals surface area contributed by atoms with Crippen LogP contribution in [0.3, 0.4) is 0 Å². The number of hydrogen-bond acceptors (Lipinski definition) is 4. The Morgan fingerprint density at radius 1 is 1.18 bits per heavy atom. The first-order valence-corrected chi connectivity index (χ1v) is 8.46. The molecule has 2 rings (SSSR count). The highest BCUT2D eigenvalue weighted by molar-refractivity contribution is 7.91. The van der Waals surface area contributed by atoms with E-state index in [0.717, 1.165) is 12.8 Å². The molecule has 1 aliphatic heterocycles. The monoisotopic (exact) mass is 261 g/mol. The van der Waals surface area contributed by atoms with Gasteiger partial charge in [0.1, 0.15) is 0 Å². The zero-order valence-corrected chi connectivity index (χ0v) is 11.1. The minimum Gasteiger partial charge on any atom is -0.394 e.